The van der Waals surface area contributed by atoms with Gasteiger partial charge in [0.05, 0.1) is 17.2 Å². The lowest BCUT2D eigenvalue weighted by Gasteiger charge is -2.32. The molecule has 3 unspecified atom stereocenters. The summed E-state index contributed by atoms with van der Waals surface area (Å²) in [7, 11) is 1.99. The van der Waals surface area contributed by atoms with E-state index in [1.165, 1.54) is 65.7 Å². The van der Waals surface area contributed by atoms with Gasteiger partial charge in [-0.3, -0.25) is 4.79 Å². The predicted octanol–water partition coefficient (Wildman–Crippen LogP) is 8.14. The van der Waals surface area contributed by atoms with Crippen molar-refractivity contribution in [3.8, 4) is 0 Å². The van der Waals surface area contributed by atoms with E-state index in [0.717, 1.165) is 57.5 Å². The van der Waals surface area contributed by atoms with E-state index in [9.17, 15) is 4.79 Å². The van der Waals surface area contributed by atoms with Crippen LogP contribution in [0.25, 0.3) is 0 Å². The van der Waals surface area contributed by atoms with Gasteiger partial charge in [-0.2, -0.15) is 0 Å². The summed E-state index contributed by atoms with van der Waals surface area (Å²) in [6.07, 6.45) is 12.4. The largest absolute Gasteiger partial charge is 0.381 e. The molecule has 1 N–H and O–H groups in total. The molecule has 4 heterocycles. The average molecular weight is 616 g/mol. The highest BCUT2D eigenvalue weighted by Crippen LogP contribution is 2.52. The third-order valence-corrected chi connectivity index (χ3v) is 11.9. The summed E-state index contributed by atoms with van der Waals surface area (Å²) in [6.45, 7) is 15.0. The van der Waals surface area contributed by atoms with Crippen LogP contribution in [0.3, 0.4) is 0 Å². The number of aryl methyl sites for hydroxylation is 3. The van der Waals surface area contributed by atoms with E-state index in [1.54, 1.807) is 0 Å². The molecule has 2 aromatic rings. The lowest BCUT2D eigenvalue weighted by molar-refractivity contribution is -0.126. The zero-order chi connectivity index (χ0) is 31.8. The van der Waals surface area contributed by atoms with Crippen LogP contribution in [0.1, 0.15) is 119 Å². The molecular weight excluding hydrogens is 558 g/mol. The second-order valence-electron chi connectivity index (χ2n) is 15.6. The van der Waals surface area contributed by atoms with Crippen LogP contribution in [-0.4, -0.2) is 50.4 Å². The van der Waals surface area contributed by atoms with E-state index in [0.29, 0.717) is 37.1 Å². The molecule has 1 spiro atoms. The Morgan fingerprint density at radius 3 is 2.76 bits per heavy atom. The Hall–Kier alpha value is -2.44. The maximum atomic E-state index is 13.7. The van der Waals surface area contributed by atoms with E-state index >= 15 is 0 Å². The first-order chi connectivity index (χ1) is 21.6. The van der Waals surface area contributed by atoms with Crippen LogP contribution in [0.2, 0.25) is 0 Å². The number of unbranched alkanes of at least 4 members (excludes halogenated alkanes) is 1. The van der Waals surface area contributed by atoms with Crippen LogP contribution in [0.4, 0.5) is 11.5 Å². The molecule has 6 nitrogen and oxygen atoms in total. The smallest absolute Gasteiger partial charge is 0.237 e. The second kappa shape index (κ2) is 13.4. The molecular formula is C39H57N3O3. The van der Waals surface area contributed by atoms with Crippen LogP contribution in [-0.2, 0) is 32.5 Å². The van der Waals surface area contributed by atoms with Gasteiger partial charge in [-0.05, 0) is 117 Å². The minimum absolute atomic E-state index is 0.226. The van der Waals surface area contributed by atoms with E-state index in [-0.39, 0.29) is 11.3 Å². The molecule has 0 bridgehead atoms. The first-order valence-electron chi connectivity index (χ1n) is 17.9. The van der Waals surface area contributed by atoms with Crippen LogP contribution < -0.4 is 10.2 Å². The molecule has 6 heteroatoms. The number of hydrogen-bond donors (Lipinski definition) is 1. The summed E-state index contributed by atoms with van der Waals surface area (Å²) in [5.41, 5.74) is 7.44. The summed E-state index contributed by atoms with van der Waals surface area (Å²) >= 11 is 0. The number of amides is 1. The van der Waals surface area contributed by atoms with Crippen molar-refractivity contribution in [2.75, 3.05) is 43.6 Å². The number of carbonyl (C=O) groups is 1. The zero-order valence-corrected chi connectivity index (χ0v) is 28.8. The van der Waals surface area contributed by atoms with Gasteiger partial charge in [-0.25, -0.2) is 4.98 Å². The molecule has 1 saturated heterocycles. The number of rotatable bonds is 11. The fourth-order valence-electron chi connectivity index (χ4n) is 8.92. The van der Waals surface area contributed by atoms with E-state index in [1.807, 2.05) is 11.9 Å². The first kappa shape index (κ1) is 32.5. The van der Waals surface area contributed by atoms with Gasteiger partial charge in [0.2, 0.25) is 5.91 Å². The molecule has 6 rings (SSSR count). The minimum Gasteiger partial charge on any atom is -0.381 e. The van der Waals surface area contributed by atoms with E-state index in [4.69, 9.17) is 14.5 Å². The van der Waals surface area contributed by atoms with Crippen molar-refractivity contribution in [1.29, 1.82) is 0 Å². The van der Waals surface area contributed by atoms with Gasteiger partial charge in [0.15, 0.2) is 0 Å². The van der Waals surface area contributed by atoms with Gasteiger partial charge in [0.1, 0.15) is 5.82 Å². The average Bonchev–Trinajstić information content (AvgIpc) is 3.43. The maximum Gasteiger partial charge on any atom is 0.237 e. The van der Waals surface area contributed by atoms with Crippen LogP contribution >= 0.6 is 0 Å². The summed E-state index contributed by atoms with van der Waals surface area (Å²) in [4.78, 5) is 20.5. The Bertz CT molecular complexity index is 1360. The fraction of sp³-hybridized carbons (Fsp3) is 0.692. The SMILES string of the molecule is Cc1cc([C@@H](C)C(C)CCC2CC(OCCCCc3ccc4c(n3)NCCC4)C(C)(C)C2)c2c(c1)C1(CCOCC1)C(=O)N2C. The van der Waals surface area contributed by atoms with Gasteiger partial charge in [-0.15, -0.1) is 0 Å². The number of anilines is 2. The summed E-state index contributed by atoms with van der Waals surface area (Å²) in [5, 5.41) is 3.46. The molecule has 1 saturated carbocycles. The molecule has 246 valence electrons. The molecule has 1 amide bonds. The molecule has 2 fully saturated rings. The predicted molar refractivity (Wildman–Crippen MR) is 183 cm³/mol. The van der Waals surface area contributed by atoms with Gasteiger partial charge in [0.25, 0.3) is 0 Å². The fourth-order valence-corrected chi connectivity index (χ4v) is 8.92. The maximum absolute atomic E-state index is 13.7. The number of benzene rings is 1. The van der Waals surface area contributed by atoms with E-state index in [2.05, 4.69) is 64.2 Å². The highest BCUT2D eigenvalue weighted by atomic mass is 16.5. The third kappa shape index (κ3) is 6.56. The number of ether oxygens (including phenoxy) is 2. The van der Waals surface area contributed by atoms with Crippen molar-refractivity contribution in [3.05, 3.63) is 52.2 Å². The number of aromatic nitrogens is 1. The molecule has 45 heavy (non-hydrogen) atoms. The monoisotopic (exact) mass is 615 g/mol. The van der Waals surface area contributed by atoms with Gasteiger partial charge >= 0.3 is 0 Å². The van der Waals surface area contributed by atoms with Crippen LogP contribution in [0, 0.1) is 24.2 Å². The minimum atomic E-state index is -0.397. The van der Waals surface area contributed by atoms with Gasteiger partial charge in [-0.1, -0.05) is 57.9 Å². The number of pyridine rings is 1. The standard InChI is InChI=1S/C39H57N3O3/c1-26-22-32(35-33(23-26)39(37(43)42(35)6)16-20-44-21-17-39)28(3)27(2)12-13-29-24-34(38(4,5)25-29)45-19-8-7-11-31-15-14-30-10-9-18-40-36(30)41-31/h14-15,22-23,27-29,34H,7-13,16-21,24-25H2,1-6H3,(H,40,41)/t27?,28-,29?,34?/m0/s1. The number of nitrogens with one attached hydrogen (secondary N) is 1. The Labute approximate surface area is 272 Å². The Kier molecular flexibility index (Phi) is 9.64. The quantitative estimate of drug-likeness (QED) is 0.259. The normalized spacial score (nSPS) is 24.8. The first-order valence-corrected chi connectivity index (χ1v) is 17.9. The molecule has 4 aliphatic rings. The lowest BCUT2D eigenvalue weighted by atomic mass is 9.73. The van der Waals surface area contributed by atoms with Crippen molar-refractivity contribution in [1.82, 2.24) is 4.98 Å². The number of likely N-dealkylation sites (N-methyl/N-ethyl adjacent to an activating group) is 1. The topological polar surface area (TPSA) is 63.7 Å². The Balaban J connectivity index is 0.999. The molecule has 1 aliphatic carbocycles. The summed E-state index contributed by atoms with van der Waals surface area (Å²) < 4.78 is 12.2. The highest BCUT2D eigenvalue weighted by Gasteiger charge is 2.51. The second-order valence-corrected chi connectivity index (χ2v) is 15.6. The number of hydrogen-bond acceptors (Lipinski definition) is 5. The molecule has 0 radical (unpaired) electrons. The van der Waals surface area contributed by atoms with Crippen LogP contribution in [0.15, 0.2) is 24.3 Å². The molecule has 3 aliphatic heterocycles. The van der Waals surface area contributed by atoms with Gasteiger partial charge in [0, 0.05) is 39.1 Å². The van der Waals surface area contributed by atoms with Crippen LogP contribution in [0.5, 0.6) is 0 Å². The Morgan fingerprint density at radius 2 is 1.96 bits per heavy atom. The van der Waals surface area contributed by atoms with Crippen molar-refractivity contribution >= 4 is 17.4 Å². The van der Waals surface area contributed by atoms with Crippen molar-refractivity contribution in [3.63, 3.8) is 0 Å². The molecule has 4 atom stereocenters. The third-order valence-electron chi connectivity index (χ3n) is 11.9. The van der Waals surface area contributed by atoms with Crippen molar-refractivity contribution < 1.29 is 14.3 Å². The summed E-state index contributed by atoms with van der Waals surface area (Å²) in [5.74, 6) is 3.02. The Morgan fingerprint density at radius 1 is 1.16 bits per heavy atom. The van der Waals surface area contributed by atoms with Crippen molar-refractivity contribution in [2.24, 2.45) is 17.3 Å². The zero-order valence-electron chi connectivity index (χ0n) is 28.8. The lowest BCUT2D eigenvalue weighted by Crippen LogP contribution is -2.42. The highest BCUT2D eigenvalue weighted by molar-refractivity contribution is 6.08. The number of carbonyl (C=O) groups excluding carboxylic acids is 1. The number of fused-ring (bicyclic) bond motifs is 3. The molecule has 1 aromatic carbocycles. The van der Waals surface area contributed by atoms with E-state index < -0.39 is 5.41 Å². The molecule has 1 aromatic heterocycles. The summed E-state index contributed by atoms with van der Waals surface area (Å²) in [6, 6.07) is 9.11. The van der Waals surface area contributed by atoms with Crippen molar-refractivity contribution in [2.45, 2.75) is 123 Å². The number of nitrogens with zero attached hydrogens (tertiary/aromatic N) is 2. The van der Waals surface area contributed by atoms with Gasteiger partial charge < -0.3 is 19.7 Å².